The Hall–Kier alpha value is -1.91. The standard InChI is InChI=1S/C25H34O3Si/c1-6-23-18(2)20(17-27-29(3,4)5)16-24(26)25(23)19-12-14-22(15-13-19)28-21-10-8-7-9-11-21/h7-15,18,20,23,25H,6,16-17H2,1-5H3. The van der Waals surface area contributed by atoms with Gasteiger partial charge in [0.1, 0.15) is 17.3 Å². The minimum atomic E-state index is -1.57. The van der Waals surface area contributed by atoms with E-state index in [2.05, 4.69) is 45.6 Å². The van der Waals surface area contributed by atoms with Crippen LogP contribution in [0.2, 0.25) is 19.6 Å². The quantitative estimate of drug-likeness (QED) is 0.478. The van der Waals surface area contributed by atoms with Crippen molar-refractivity contribution in [1.29, 1.82) is 0 Å². The molecule has 0 saturated heterocycles. The second-order valence-corrected chi connectivity index (χ2v) is 13.8. The summed E-state index contributed by atoms with van der Waals surface area (Å²) in [7, 11) is -1.57. The molecule has 0 amide bonds. The summed E-state index contributed by atoms with van der Waals surface area (Å²) in [6, 6.07) is 17.9. The molecule has 3 nitrogen and oxygen atoms in total. The lowest BCUT2D eigenvalue weighted by Crippen LogP contribution is -2.41. The van der Waals surface area contributed by atoms with Crippen molar-refractivity contribution in [3.8, 4) is 11.5 Å². The van der Waals surface area contributed by atoms with E-state index in [-0.39, 0.29) is 5.92 Å². The molecular formula is C25H34O3Si. The molecule has 0 N–H and O–H groups in total. The van der Waals surface area contributed by atoms with E-state index in [1.54, 1.807) is 0 Å². The topological polar surface area (TPSA) is 35.5 Å². The summed E-state index contributed by atoms with van der Waals surface area (Å²) in [4.78, 5) is 13.1. The molecule has 0 aromatic heterocycles. The van der Waals surface area contributed by atoms with Crippen LogP contribution in [0, 0.1) is 17.8 Å². The molecule has 4 heteroatoms. The van der Waals surface area contributed by atoms with E-state index in [9.17, 15) is 4.79 Å². The summed E-state index contributed by atoms with van der Waals surface area (Å²) in [5.74, 6) is 3.10. The molecule has 2 aromatic rings. The maximum atomic E-state index is 13.1. The fourth-order valence-electron chi connectivity index (χ4n) is 4.44. The van der Waals surface area contributed by atoms with Gasteiger partial charge >= 0.3 is 0 Å². The molecule has 3 rings (SSSR count). The van der Waals surface area contributed by atoms with Crippen molar-refractivity contribution in [3.63, 3.8) is 0 Å². The highest BCUT2D eigenvalue weighted by atomic mass is 28.4. The van der Waals surface area contributed by atoms with E-state index < -0.39 is 8.32 Å². The van der Waals surface area contributed by atoms with Gasteiger partial charge in [0.05, 0.1) is 0 Å². The Labute approximate surface area is 176 Å². The Kier molecular flexibility index (Phi) is 6.96. The van der Waals surface area contributed by atoms with Crippen molar-refractivity contribution in [2.24, 2.45) is 17.8 Å². The predicted octanol–water partition coefficient (Wildman–Crippen LogP) is 6.67. The van der Waals surface area contributed by atoms with Crippen LogP contribution in [0.3, 0.4) is 0 Å². The second-order valence-electron chi connectivity index (χ2n) is 9.25. The number of hydrogen-bond donors (Lipinski definition) is 0. The van der Waals surface area contributed by atoms with Crippen molar-refractivity contribution in [1.82, 2.24) is 0 Å². The number of carbonyl (C=O) groups excluding carboxylic acids is 1. The first-order valence-electron chi connectivity index (χ1n) is 10.8. The molecule has 0 bridgehead atoms. The zero-order valence-corrected chi connectivity index (χ0v) is 19.4. The summed E-state index contributed by atoms with van der Waals surface area (Å²) in [6.07, 6.45) is 1.62. The van der Waals surface area contributed by atoms with Crippen LogP contribution < -0.4 is 4.74 Å². The normalized spacial score (nSPS) is 25.1. The van der Waals surface area contributed by atoms with Crippen LogP contribution in [0.15, 0.2) is 54.6 Å². The van der Waals surface area contributed by atoms with Crippen LogP contribution in [0.25, 0.3) is 0 Å². The second kappa shape index (κ2) is 9.27. The zero-order chi connectivity index (χ0) is 21.0. The smallest absolute Gasteiger partial charge is 0.183 e. The lowest BCUT2D eigenvalue weighted by atomic mass is 9.64. The molecule has 1 fully saturated rings. The molecule has 4 unspecified atom stereocenters. The summed E-state index contributed by atoms with van der Waals surface area (Å²) in [6.45, 7) is 11.9. The van der Waals surface area contributed by atoms with Gasteiger partial charge in [0.25, 0.3) is 0 Å². The van der Waals surface area contributed by atoms with Gasteiger partial charge in [-0.1, -0.05) is 50.6 Å². The highest BCUT2D eigenvalue weighted by molar-refractivity contribution is 6.69. The van der Waals surface area contributed by atoms with E-state index in [0.717, 1.165) is 30.1 Å². The van der Waals surface area contributed by atoms with E-state index in [1.807, 2.05) is 42.5 Å². The third kappa shape index (κ3) is 5.58. The average Bonchev–Trinajstić information content (AvgIpc) is 2.69. The molecule has 156 valence electrons. The number of rotatable bonds is 7. The predicted molar refractivity (Wildman–Crippen MR) is 121 cm³/mol. The summed E-state index contributed by atoms with van der Waals surface area (Å²) in [5, 5.41) is 0. The Morgan fingerprint density at radius 3 is 2.17 bits per heavy atom. The van der Waals surface area contributed by atoms with Crippen LogP contribution in [-0.4, -0.2) is 20.7 Å². The molecular weight excluding hydrogens is 376 g/mol. The van der Waals surface area contributed by atoms with E-state index in [1.165, 1.54) is 0 Å². The summed E-state index contributed by atoms with van der Waals surface area (Å²) < 4.78 is 12.1. The molecule has 1 saturated carbocycles. The highest BCUT2D eigenvalue weighted by Gasteiger charge is 2.42. The van der Waals surface area contributed by atoms with Gasteiger partial charge in [-0.15, -0.1) is 0 Å². The fourth-order valence-corrected chi connectivity index (χ4v) is 5.15. The van der Waals surface area contributed by atoms with Crippen molar-refractivity contribution >= 4 is 14.1 Å². The number of benzene rings is 2. The number of carbonyl (C=O) groups is 1. The summed E-state index contributed by atoms with van der Waals surface area (Å²) in [5.41, 5.74) is 1.11. The van der Waals surface area contributed by atoms with E-state index >= 15 is 0 Å². The number of para-hydroxylation sites is 1. The Balaban J connectivity index is 1.73. The molecule has 0 heterocycles. The van der Waals surface area contributed by atoms with Crippen molar-refractivity contribution in [2.75, 3.05) is 6.61 Å². The molecule has 1 aliphatic rings. The molecule has 2 aromatic carbocycles. The van der Waals surface area contributed by atoms with Crippen LogP contribution in [0.1, 0.15) is 38.2 Å². The minimum Gasteiger partial charge on any atom is -0.457 e. The Morgan fingerprint density at radius 1 is 0.966 bits per heavy atom. The number of Topliss-reactive ketones (excluding diaryl/α,β-unsaturated/α-hetero) is 1. The van der Waals surface area contributed by atoms with Crippen molar-refractivity contribution < 1.29 is 14.0 Å². The van der Waals surface area contributed by atoms with Crippen LogP contribution in [0.4, 0.5) is 0 Å². The van der Waals surface area contributed by atoms with Crippen LogP contribution >= 0.6 is 0 Å². The third-order valence-corrected chi connectivity index (χ3v) is 7.11. The first-order chi connectivity index (χ1) is 13.8. The molecule has 29 heavy (non-hydrogen) atoms. The molecule has 4 atom stereocenters. The molecule has 0 spiro atoms. The van der Waals surface area contributed by atoms with Gasteiger partial charge < -0.3 is 9.16 Å². The largest absolute Gasteiger partial charge is 0.457 e. The fraction of sp³-hybridized carbons (Fsp3) is 0.480. The van der Waals surface area contributed by atoms with Crippen LogP contribution in [0.5, 0.6) is 11.5 Å². The Morgan fingerprint density at radius 2 is 1.59 bits per heavy atom. The van der Waals surface area contributed by atoms with Crippen molar-refractivity contribution in [2.45, 2.75) is 52.2 Å². The van der Waals surface area contributed by atoms with Gasteiger partial charge in [-0.05, 0) is 67.2 Å². The zero-order valence-electron chi connectivity index (χ0n) is 18.4. The van der Waals surface area contributed by atoms with Gasteiger partial charge in [-0.3, -0.25) is 4.79 Å². The molecule has 0 radical (unpaired) electrons. The van der Waals surface area contributed by atoms with Gasteiger partial charge in [-0.25, -0.2) is 0 Å². The lowest BCUT2D eigenvalue weighted by molar-refractivity contribution is -0.127. The van der Waals surface area contributed by atoms with E-state index in [4.69, 9.17) is 9.16 Å². The number of ketones is 1. The third-order valence-electron chi connectivity index (χ3n) is 6.08. The Bertz CT molecular complexity index is 795. The highest BCUT2D eigenvalue weighted by Crippen LogP contribution is 2.44. The SMILES string of the molecule is CCC1C(c2ccc(Oc3ccccc3)cc2)C(=O)CC(CO[Si](C)(C)C)C1C. The maximum Gasteiger partial charge on any atom is 0.183 e. The van der Waals surface area contributed by atoms with E-state index in [0.29, 0.717) is 30.0 Å². The maximum absolute atomic E-state index is 13.1. The van der Waals surface area contributed by atoms with Gasteiger partial charge in [-0.2, -0.15) is 0 Å². The minimum absolute atomic E-state index is 0.0242. The van der Waals surface area contributed by atoms with Crippen LogP contribution in [-0.2, 0) is 9.22 Å². The lowest BCUT2D eigenvalue weighted by Gasteiger charge is -2.41. The summed E-state index contributed by atoms with van der Waals surface area (Å²) >= 11 is 0. The molecule has 0 aliphatic heterocycles. The van der Waals surface area contributed by atoms with Gasteiger partial charge in [0.15, 0.2) is 8.32 Å². The number of hydrogen-bond acceptors (Lipinski definition) is 3. The van der Waals surface area contributed by atoms with Crippen molar-refractivity contribution in [3.05, 3.63) is 60.2 Å². The first kappa shape index (κ1) is 21.8. The number of ether oxygens (including phenoxy) is 1. The molecule has 1 aliphatic carbocycles. The first-order valence-corrected chi connectivity index (χ1v) is 14.2. The van der Waals surface area contributed by atoms with Gasteiger partial charge in [0, 0.05) is 18.9 Å². The average molecular weight is 411 g/mol. The van der Waals surface area contributed by atoms with Gasteiger partial charge in [0.2, 0.25) is 0 Å². The monoisotopic (exact) mass is 410 g/mol.